The van der Waals surface area contributed by atoms with E-state index in [-0.39, 0.29) is 11.8 Å². The second-order valence-corrected chi connectivity index (χ2v) is 6.15. The molecule has 1 aliphatic rings. The monoisotopic (exact) mass is 295 g/mol. The average Bonchev–Trinajstić information content (AvgIpc) is 2.92. The maximum Gasteiger partial charge on any atom is 0.308 e. The quantitative estimate of drug-likeness (QED) is 0.941. The molecule has 0 saturated carbocycles. The molecule has 3 rings (SSSR count). The molecule has 0 bridgehead atoms. The van der Waals surface area contributed by atoms with Crippen molar-refractivity contribution in [1.29, 1.82) is 0 Å². The zero-order chi connectivity index (χ0) is 15.5. The lowest BCUT2D eigenvalue weighted by Gasteiger charge is -2.16. The van der Waals surface area contributed by atoms with Crippen molar-refractivity contribution in [3.05, 3.63) is 71.3 Å². The maximum absolute atomic E-state index is 11.6. The molecule has 0 radical (unpaired) electrons. The van der Waals surface area contributed by atoms with Gasteiger partial charge in [-0.1, -0.05) is 60.2 Å². The first-order chi connectivity index (χ1) is 10.6. The summed E-state index contributed by atoms with van der Waals surface area (Å²) < 4.78 is 0. The van der Waals surface area contributed by atoms with E-state index in [0.717, 1.165) is 18.7 Å². The summed E-state index contributed by atoms with van der Waals surface area (Å²) in [6.07, 6.45) is 0. The second kappa shape index (κ2) is 6.32. The Morgan fingerprint density at radius 1 is 1.14 bits per heavy atom. The van der Waals surface area contributed by atoms with Gasteiger partial charge in [-0.25, -0.2) is 0 Å². The molecule has 22 heavy (non-hydrogen) atoms. The lowest BCUT2D eigenvalue weighted by molar-refractivity contribution is -0.141. The van der Waals surface area contributed by atoms with Gasteiger partial charge in [-0.3, -0.25) is 9.69 Å². The summed E-state index contributed by atoms with van der Waals surface area (Å²) in [5, 5.41) is 9.57. The Kier molecular flexibility index (Phi) is 4.25. The van der Waals surface area contributed by atoms with Crippen molar-refractivity contribution < 1.29 is 9.90 Å². The van der Waals surface area contributed by atoms with Gasteiger partial charge in [0, 0.05) is 25.6 Å². The lowest BCUT2D eigenvalue weighted by Crippen LogP contribution is -2.23. The second-order valence-electron chi connectivity index (χ2n) is 6.15. The largest absolute Gasteiger partial charge is 0.481 e. The van der Waals surface area contributed by atoms with Crippen molar-refractivity contribution in [2.45, 2.75) is 19.4 Å². The van der Waals surface area contributed by atoms with E-state index in [9.17, 15) is 9.90 Å². The molecule has 1 N–H and O–H groups in total. The Balaban J connectivity index is 1.79. The number of benzene rings is 2. The Morgan fingerprint density at radius 2 is 1.91 bits per heavy atom. The first-order valence-electron chi connectivity index (χ1n) is 7.69. The molecule has 2 unspecified atom stereocenters. The van der Waals surface area contributed by atoms with Gasteiger partial charge in [-0.2, -0.15) is 0 Å². The van der Waals surface area contributed by atoms with Crippen molar-refractivity contribution in [3.8, 4) is 0 Å². The number of nitrogens with zero attached hydrogens (tertiary/aromatic N) is 1. The van der Waals surface area contributed by atoms with Gasteiger partial charge >= 0.3 is 5.97 Å². The van der Waals surface area contributed by atoms with Crippen LogP contribution in [0, 0.1) is 12.8 Å². The number of carboxylic acid groups (broad SMARTS) is 1. The summed E-state index contributed by atoms with van der Waals surface area (Å²) in [6, 6.07) is 18.5. The fourth-order valence-electron chi connectivity index (χ4n) is 3.34. The number of aryl methyl sites for hydroxylation is 1. The Hall–Kier alpha value is -2.13. The van der Waals surface area contributed by atoms with Crippen molar-refractivity contribution in [2.75, 3.05) is 13.1 Å². The van der Waals surface area contributed by atoms with Crippen molar-refractivity contribution in [1.82, 2.24) is 4.90 Å². The number of carboxylic acids is 1. The van der Waals surface area contributed by atoms with Crippen LogP contribution >= 0.6 is 0 Å². The lowest BCUT2D eigenvalue weighted by atomic mass is 9.88. The van der Waals surface area contributed by atoms with Crippen LogP contribution in [0.25, 0.3) is 0 Å². The van der Waals surface area contributed by atoms with E-state index in [2.05, 4.69) is 42.2 Å². The summed E-state index contributed by atoms with van der Waals surface area (Å²) >= 11 is 0. The van der Waals surface area contributed by atoms with Gasteiger partial charge < -0.3 is 5.11 Å². The predicted molar refractivity (Wildman–Crippen MR) is 86.8 cm³/mol. The third-order valence-electron chi connectivity index (χ3n) is 4.43. The molecule has 2 atom stereocenters. The summed E-state index contributed by atoms with van der Waals surface area (Å²) in [6.45, 7) is 4.28. The molecule has 1 saturated heterocycles. The predicted octanol–water partition coefficient (Wildman–Crippen LogP) is 3.30. The molecule has 1 aliphatic heterocycles. The van der Waals surface area contributed by atoms with Crippen LogP contribution in [0.15, 0.2) is 54.6 Å². The SMILES string of the molecule is Cc1cccc(C2CN(Cc3ccccc3)CC2C(=O)O)c1. The van der Waals surface area contributed by atoms with E-state index < -0.39 is 5.97 Å². The fraction of sp³-hybridized carbons (Fsp3) is 0.316. The van der Waals surface area contributed by atoms with Gasteiger partial charge in [0.15, 0.2) is 0 Å². The molecule has 2 aromatic carbocycles. The highest BCUT2D eigenvalue weighted by Crippen LogP contribution is 2.34. The van der Waals surface area contributed by atoms with Crippen LogP contribution in [0.5, 0.6) is 0 Å². The average molecular weight is 295 g/mol. The molecule has 0 spiro atoms. The van der Waals surface area contributed by atoms with Crippen LogP contribution in [0.3, 0.4) is 0 Å². The summed E-state index contributed by atoms with van der Waals surface area (Å²) in [5.74, 6) is -0.950. The van der Waals surface area contributed by atoms with Crippen LogP contribution in [0.1, 0.15) is 22.6 Å². The molecule has 0 amide bonds. The highest BCUT2D eigenvalue weighted by atomic mass is 16.4. The summed E-state index contributed by atoms with van der Waals surface area (Å²) in [7, 11) is 0. The first-order valence-corrected chi connectivity index (χ1v) is 7.69. The Labute approximate surface area is 131 Å². The van der Waals surface area contributed by atoms with Crippen LogP contribution in [0.2, 0.25) is 0 Å². The van der Waals surface area contributed by atoms with Crippen LogP contribution in [-0.2, 0) is 11.3 Å². The molecule has 1 heterocycles. The molecule has 1 fully saturated rings. The Bertz CT molecular complexity index is 653. The van der Waals surface area contributed by atoms with Crippen molar-refractivity contribution in [2.24, 2.45) is 5.92 Å². The van der Waals surface area contributed by atoms with Gasteiger partial charge in [0.05, 0.1) is 5.92 Å². The Morgan fingerprint density at radius 3 is 2.59 bits per heavy atom. The normalized spacial score (nSPS) is 21.9. The minimum Gasteiger partial charge on any atom is -0.481 e. The standard InChI is InChI=1S/C19H21NO2/c1-14-6-5-9-16(10-14)17-12-20(13-18(17)19(21)22)11-15-7-3-2-4-8-15/h2-10,17-18H,11-13H2,1H3,(H,21,22). The zero-order valence-corrected chi connectivity index (χ0v) is 12.8. The van der Waals surface area contributed by atoms with Gasteiger partial charge in [-0.05, 0) is 18.1 Å². The van der Waals surface area contributed by atoms with Crippen LogP contribution in [0.4, 0.5) is 0 Å². The first kappa shape index (κ1) is 14.8. The summed E-state index contributed by atoms with van der Waals surface area (Å²) in [5.41, 5.74) is 3.56. The molecule has 0 aliphatic carbocycles. The van der Waals surface area contributed by atoms with Gasteiger partial charge in [0.1, 0.15) is 0 Å². The van der Waals surface area contributed by atoms with E-state index in [4.69, 9.17) is 0 Å². The van der Waals surface area contributed by atoms with E-state index >= 15 is 0 Å². The van der Waals surface area contributed by atoms with Crippen molar-refractivity contribution >= 4 is 5.97 Å². The topological polar surface area (TPSA) is 40.5 Å². The number of likely N-dealkylation sites (tertiary alicyclic amines) is 1. The number of hydrogen-bond donors (Lipinski definition) is 1. The smallest absolute Gasteiger partial charge is 0.308 e. The highest BCUT2D eigenvalue weighted by Gasteiger charge is 2.38. The van der Waals surface area contributed by atoms with Gasteiger partial charge in [-0.15, -0.1) is 0 Å². The molecular weight excluding hydrogens is 274 g/mol. The van der Waals surface area contributed by atoms with E-state index in [1.807, 2.05) is 24.3 Å². The zero-order valence-electron chi connectivity index (χ0n) is 12.8. The molecular formula is C19H21NO2. The van der Waals surface area contributed by atoms with E-state index in [1.54, 1.807) is 0 Å². The summed E-state index contributed by atoms with van der Waals surface area (Å²) in [4.78, 5) is 13.9. The molecule has 3 nitrogen and oxygen atoms in total. The maximum atomic E-state index is 11.6. The number of hydrogen-bond acceptors (Lipinski definition) is 2. The number of carbonyl (C=O) groups is 1. The molecule has 3 heteroatoms. The van der Waals surface area contributed by atoms with Gasteiger partial charge in [0.2, 0.25) is 0 Å². The van der Waals surface area contributed by atoms with Crippen LogP contribution in [-0.4, -0.2) is 29.1 Å². The highest BCUT2D eigenvalue weighted by molar-refractivity contribution is 5.72. The van der Waals surface area contributed by atoms with Crippen molar-refractivity contribution in [3.63, 3.8) is 0 Å². The third-order valence-corrected chi connectivity index (χ3v) is 4.43. The number of rotatable bonds is 4. The van der Waals surface area contributed by atoms with E-state index in [0.29, 0.717) is 6.54 Å². The minimum atomic E-state index is -0.693. The minimum absolute atomic E-state index is 0.0705. The molecule has 2 aromatic rings. The fourth-order valence-corrected chi connectivity index (χ4v) is 3.34. The molecule has 114 valence electrons. The van der Waals surface area contributed by atoms with Crippen LogP contribution < -0.4 is 0 Å². The third kappa shape index (κ3) is 3.20. The molecule has 0 aromatic heterocycles. The van der Waals surface area contributed by atoms with E-state index in [1.165, 1.54) is 11.1 Å². The number of aliphatic carboxylic acids is 1. The van der Waals surface area contributed by atoms with Gasteiger partial charge in [0.25, 0.3) is 0 Å².